The molecule has 0 fully saturated rings. The summed E-state index contributed by atoms with van der Waals surface area (Å²) in [7, 11) is 1.54. The average molecular weight is 474 g/mol. The van der Waals surface area contributed by atoms with Gasteiger partial charge in [-0.3, -0.25) is 9.59 Å². The molecule has 2 aromatic heterocycles. The fraction of sp³-hybridized carbons (Fsp3) is 0.192. The van der Waals surface area contributed by atoms with Crippen LogP contribution in [-0.4, -0.2) is 18.9 Å². The standard InChI is InChI=1S/C26H23N3O4S/c1-32-20-12-6-4-10-18(20)28-24(31)17-14-15-8-2-5-11-19(15)33-25(17)29-26-22(23(27)30)16-9-3-7-13-21(16)34-26/h2,4-6,8,10-12,14H,3,7,9,13H2,1H3,(H2,27,30)(H,28,31). The Hall–Kier alpha value is -3.91. The molecule has 3 N–H and O–H groups in total. The number of nitrogens with one attached hydrogen (secondary N) is 1. The van der Waals surface area contributed by atoms with Crippen molar-refractivity contribution in [2.24, 2.45) is 10.7 Å². The van der Waals surface area contributed by atoms with E-state index >= 15 is 0 Å². The van der Waals surface area contributed by atoms with E-state index < -0.39 is 11.8 Å². The molecule has 8 heteroatoms. The number of hydrogen-bond donors (Lipinski definition) is 2. The van der Waals surface area contributed by atoms with Gasteiger partial charge in [0.25, 0.3) is 11.8 Å². The molecule has 0 aliphatic heterocycles. The summed E-state index contributed by atoms with van der Waals surface area (Å²) in [6.07, 6.45) is 3.77. The summed E-state index contributed by atoms with van der Waals surface area (Å²) in [6, 6.07) is 16.3. The number of fused-ring (bicyclic) bond motifs is 2. The van der Waals surface area contributed by atoms with E-state index in [9.17, 15) is 9.59 Å². The molecule has 0 bridgehead atoms. The van der Waals surface area contributed by atoms with Crippen LogP contribution in [0.1, 0.15) is 44.0 Å². The first kappa shape index (κ1) is 21.9. The number of carbonyl (C=O) groups excluding carboxylic acids is 2. The van der Waals surface area contributed by atoms with Gasteiger partial charge in [-0.1, -0.05) is 30.3 Å². The third-order valence-corrected chi connectivity index (χ3v) is 7.04. The van der Waals surface area contributed by atoms with Crippen molar-refractivity contribution in [1.29, 1.82) is 0 Å². The summed E-state index contributed by atoms with van der Waals surface area (Å²) in [4.78, 5) is 31.5. The van der Waals surface area contributed by atoms with Gasteiger partial charge in [0.1, 0.15) is 21.9 Å². The first-order chi connectivity index (χ1) is 16.5. The number of rotatable bonds is 5. The zero-order valence-corrected chi connectivity index (χ0v) is 19.4. The minimum Gasteiger partial charge on any atom is -0.495 e. The molecule has 7 nitrogen and oxygen atoms in total. The Morgan fingerprint density at radius 2 is 1.85 bits per heavy atom. The normalized spacial score (nSPS) is 13.5. The van der Waals surface area contributed by atoms with Gasteiger partial charge in [-0.2, -0.15) is 0 Å². The van der Waals surface area contributed by atoms with Crippen molar-refractivity contribution in [3.8, 4) is 5.75 Å². The van der Waals surface area contributed by atoms with Crippen LogP contribution >= 0.6 is 11.3 Å². The predicted octanol–water partition coefficient (Wildman–Crippen LogP) is 4.97. The summed E-state index contributed by atoms with van der Waals surface area (Å²) in [5.41, 5.74) is 8.62. The lowest BCUT2D eigenvalue weighted by atomic mass is 9.95. The van der Waals surface area contributed by atoms with E-state index in [0.717, 1.165) is 41.5 Å². The molecule has 4 aromatic rings. The number of nitrogens with two attached hydrogens (primary N) is 1. The molecular formula is C26H23N3O4S. The van der Waals surface area contributed by atoms with Crippen molar-refractivity contribution >= 4 is 44.8 Å². The lowest BCUT2D eigenvalue weighted by Gasteiger charge is -2.11. The molecular weight excluding hydrogens is 450 g/mol. The number of thiophene rings is 1. The lowest BCUT2D eigenvalue weighted by Crippen LogP contribution is -2.22. The second-order valence-corrected chi connectivity index (χ2v) is 9.11. The van der Waals surface area contributed by atoms with Crippen LogP contribution in [0.15, 0.2) is 64.0 Å². The molecule has 34 heavy (non-hydrogen) atoms. The zero-order chi connectivity index (χ0) is 23.7. The van der Waals surface area contributed by atoms with Gasteiger partial charge < -0.3 is 20.2 Å². The van der Waals surface area contributed by atoms with Crippen LogP contribution in [-0.2, 0) is 12.8 Å². The number of ether oxygens (including phenoxy) is 1. The molecule has 0 saturated heterocycles. The minimum atomic E-state index is -0.515. The molecule has 1 aliphatic rings. The van der Waals surface area contributed by atoms with Gasteiger partial charge in [0.2, 0.25) is 5.55 Å². The van der Waals surface area contributed by atoms with Crippen molar-refractivity contribution in [3.05, 3.63) is 81.7 Å². The fourth-order valence-electron chi connectivity index (χ4n) is 4.23. The Morgan fingerprint density at radius 3 is 2.68 bits per heavy atom. The molecule has 0 unspecified atom stereocenters. The van der Waals surface area contributed by atoms with Crippen LogP contribution in [0, 0.1) is 0 Å². The summed E-state index contributed by atoms with van der Waals surface area (Å²) in [6.45, 7) is 0. The highest BCUT2D eigenvalue weighted by atomic mass is 32.1. The number of aryl methyl sites for hydroxylation is 1. The number of anilines is 1. The maximum absolute atomic E-state index is 13.4. The van der Waals surface area contributed by atoms with Gasteiger partial charge in [-0.05, 0) is 55.5 Å². The molecule has 0 spiro atoms. The largest absolute Gasteiger partial charge is 0.495 e. The number of para-hydroxylation sites is 3. The fourth-order valence-corrected chi connectivity index (χ4v) is 5.49. The number of nitrogens with zero attached hydrogens (tertiary/aromatic N) is 1. The van der Waals surface area contributed by atoms with E-state index in [-0.39, 0.29) is 11.1 Å². The molecule has 0 saturated carbocycles. The van der Waals surface area contributed by atoms with Crippen LogP contribution in [0.3, 0.4) is 0 Å². The van der Waals surface area contributed by atoms with Gasteiger partial charge in [0.05, 0.1) is 18.4 Å². The van der Waals surface area contributed by atoms with Crippen molar-refractivity contribution in [1.82, 2.24) is 0 Å². The van der Waals surface area contributed by atoms with E-state index in [2.05, 4.69) is 10.3 Å². The summed E-state index contributed by atoms with van der Waals surface area (Å²) >= 11 is 1.44. The molecule has 2 amide bonds. The highest BCUT2D eigenvalue weighted by molar-refractivity contribution is 7.16. The van der Waals surface area contributed by atoms with Crippen molar-refractivity contribution < 1.29 is 18.7 Å². The molecule has 5 rings (SSSR count). The first-order valence-corrected chi connectivity index (χ1v) is 11.8. The maximum Gasteiger partial charge on any atom is 0.261 e. The van der Waals surface area contributed by atoms with Gasteiger partial charge in [-0.25, -0.2) is 4.99 Å². The molecule has 0 radical (unpaired) electrons. The molecule has 1 aliphatic carbocycles. The second-order valence-electron chi connectivity index (χ2n) is 8.02. The zero-order valence-electron chi connectivity index (χ0n) is 18.6. The van der Waals surface area contributed by atoms with Gasteiger partial charge in [-0.15, -0.1) is 11.3 Å². The SMILES string of the molecule is COc1ccccc1NC(=O)c1cc2ccccc2oc1=Nc1sc2c(c1C(N)=O)CCCC2. The quantitative estimate of drug-likeness (QED) is 0.427. The third-order valence-electron chi connectivity index (χ3n) is 5.86. The molecule has 172 valence electrons. The Bertz CT molecular complexity index is 1490. The number of benzene rings is 2. The van der Waals surface area contributed by atoms with E-state index in [1.165, 1.54) is 11.3 Å². The van der Waals surface area contributed by atoms with Gasteiger partial charge >= 0.3 is 0 Å². The molecule has 0 atom stereocenters. The summed E-state index contributed by atoms with van der Waals surface area (Å²) < 4.78 is 11.4. The Balaban J connectivity index is 1.68. The van der Waals surface area contributed by atoms with Gasteiger partial charge in [0, 0.05) is 10.3 Å². The smallest absolute Gasteiger partial charge is 0.261 e. The summed E-state index contributed by atoms with van der Waals surface area (Å²) in [5, 5.41) is 4.12. The van der Waals surface area contributed by atoms with Crippen LogP contribution in [0.25, 0.3) is 11.0 Å². The average Bonchev–Trinajstić information content (AvgIpc) is 3.22. The van der Waals surface area contributed by atoms with Crippen LogP contribution in [0.4, 0.5) is 10.7 Å². The first-order valence-electron chi connectivity index (χ1n) is 11.0. The van der Waals surface area contributed by atoms with E-state index in [4.69, 9.17) is 14.9 Å². The highest BCUT2D eigenvalue weighted by Crippen LogP contribution is 2.39. The van der Waals surface area contributed by atoms with Crippen molar-refractivity contribution in [2.45, 2.75) is 25.7 Å². The van der Waals surface area contributed by atoms with Crippen molar-refractivity contribution in [3.63, 3.8) is 0 Å². The van der Waals surface area contributed by atoms with Crippen LogP contribution in [0.5, 0.6) is 5.75 Å². The van der Waals surface area contributed by atoms with Crippen LogP contribution in [0.2, 0.25) is 0 Å². The Kier molecular flexibility index (Phi) is 5.90. The summed E-state index contributed by atoms with van der Waals surface area (Å²) in [5.74, 6) is -0.382. The van der Waals surface area contributed by atoms with E-state index in [1.54, 1.807) is 25.3 Å². The number of hydrogen-bond acceptors (Lipinski definition) is 6. The lowest BCUT2D eigenvalue weighted by molar-refractivity contribution is 0.0997. The number of methoxy groups -OCH3 is 1. The monoisotopic (exact) mass is 473 g/mol. The minimum absolute atomic E-state index is 0.118. The molecule has 2 heterocycles. The van der Waals surface area contributed by atoms with Gasteiger partial charge in [0.15, 0.2) is 0 Å². The third kappa shape index (κ3) is 4.08. The second kappa shape index (κ2) is 9.15. The Morgan fingerprint density at radius 1 is 1.09 bits per heavy atom. The maximum atomic E-state index is 13.4. The van der Waals surface area contributed by atoms with E-state index in [0.29, 0.717) is 27.6 Å². The number of primary amides is 1. The van der Waals surface area contributed by atoms with Crippen molar-refractivity contribution in [2.75, 3.05) is 12.4 Å². The topological polar surface area (TPSA) is 107 Å². The van der Waals surface area contributed by atoms with E-state index in [1.807, 2.05) is 36.4 Å². The molecule has 2 aromatic carbocycles. The highest BCUT2D eigenvalue weighted by Gasteiger charge is 2.24. The Labute approximate surface area is 199 Å². The number of amides is 2. The number of carbonyl (C=O) groups is 2. The van der Waals surface area contributed by atoms with Crippen LogP contribution < -0.4 is 21.3 Å². The predicted molar refractivity (Wildman–Crippen MR) is 132 cm³/mol.